The lowest BCUT2D eigenvalue weighted by molar-refractivity contribution is 0.0648. The molecule has 1 atom stereocenters. The summed E-state index contributed by atoms with van der Waals surface area (Å²) in [5.74, 6) is -1.18. The number of H-pyrrole nitrogens is 1. The van der Waals surface area contributed by atoms with Crippen molar-refractivity contribution in [1.29, 1.82) is 0 Å². The van der Waals surface area contributed by atoms with Gasteiger partial charge in [-0.25, -0.2) is 13.8 Å². The van der Waals surface area contributed by atoms with E-state index in [4.69, 9.17) is 4.74 Å². The van der Waals surface area contributed by atoms with Crippen molar-refractivity contribution in [3.05, 3.63) is 100 Å². The van der Waals surface area contributed by atoms with E-state index < -0.39 is 28.6 Å². The highest BCUT2D eigenvalue weighted by Crippen LogP contribution is 2.34. The van der Waals surface area contributed by atoms with Crippen LogP contribution >= 0.6 is 0 Å². The van der Waals surface area contributed by atoms with E-state index in [1.807, 2.05) is 0 Å². The fraction of sp³-hybridized carbons (Fsp3) is 0.207. The van der Waals surface area contributed by atoms with Crippen LogP contribution in [0.5, 0.6) is 11.5 Å². The number of anilines is 1. The average Bonchev–Trinajstić information content (AvgIpc) is 3.34. The van der Waals surface area contributed by atoms with E-state index in [1.165, 1.54) is 54.9 Å². The van der Waals surface area contributed by atoms with Crippen LogP contribution in [0.3, 0.4) is 0 Å². The quantitative estimate of drug-likeness (QED) is 0.223. The van der Waals surface area contributed by atoms with Crippen LogP contribution in [0, 0.1) is 11.6 Å². The molecule has 0 spiro atoms. The number of pyridine rings is 1. The molecular weight excluding hydrogens is 534 g/mol. The molecule has 0 saturated heterocycles. The molecule has 0 radical (unpaired) electrons. The molecule has 0 aliphatic carbocycles. The van der Waals surface area contributed by atoms with Gasteiger partial charge in [-0.3, -0.25) is 14.7 Å². The fourth-order valence-electron chi connectivity index (χ4n) is 4.02. The van der Waals surface area contributed by atoms with Gasteiger partial charge in [-0.2, -0.15) is 14.9 Å². The summed E-state index contributed by atoms with van der Waals surface area (Å²) in [7, 11) is 0. The van der Waals surface area contributed by atoms with E-state index >= 15 is 4.39 Å². The van der Waals surface area contributed by atoms with Gasteiger partial charge in [-0.1, -0.05) is 6.07 Å². The Morgan fingerprint density at radius 1 is 1.10 bits per heavy atom. The Balaban J connectivity index is 1.36. The van der Waals surface area contributed by atoms with Crippen LogP contribution in [0.1, 0.15) is 36.7 Å². The molecule has 2 aromatic carbocycles. The van der Waals surface area contributed by atoms with Crippen molar-refractivity contribution in [2.45, 2.75) is 38.8 Å². The molecule has 5 rings (SSSR count). The molecule has 0 fully saturated rings. The normalized spacial score (nSPS) is 12.3. The molecule has 0 bridgehead atoms. The number of aliphatic hydroxyl groups is 1. The van der Waals surface area contributed by atoms with Gasteiger partial charge < -0.3 is 15.2 Å². The Morgan fingerprint density at radius 2 is 1.85 bits per heavy atom. The van der Waals surface area contributed by atoms with Gasteiger partial charge in [0, 0.05) is 24.9 Å². The highest BCUT2D eigenvalue weighted by Gasteiger charge is 2.25. The van der Waals surface area contributed by atoms with Crippen LogP contribution in [0.4, 0.5) is 14.6 Å². The first-order valence-electron chi connectivity index (χ1n) is 12.7. The number of aromatic nitrogens is 5. The zero-order valence-electron chi connectivity index (χ0n) is 22.4. The van der Waals surface area contributed by atoms with Crippen molar-refractivity contribution >= 4 is 22.6 Å². The van der Waals surface area contributed by atoms with Crippen LogP contribution in [0.2, 0.25) is 0 Å². The lowest BCUT2D eigenvalue weighted by atomic mass is 10.0. The Kier molecular flexibility index (Phi) is 7.33. The number of rotatable bonds is 9. The Labute approximate surface area is 232 Å². The third kappa shape index (κ3) is 5.82. The van der Waals surface area contributed by atoms with Gasteiger partial charge in [0.2, 0.25) is 0 Å². The first kappa shape index (κ1) is 27.6. The predicted molar refractivity (Wildman–Crippen MR) is 148 cm³/mol. The van der Waals surface area contributed by atoms with E-state index in [2.05, 4.69) is 25.6 Å². The summed E-state index contributed by atoms with van der Waals surface area (Å²) in [6.45, 7) is 5.11. The van der Waals surface area contributed by atoms with Gasteiger partial charge in [0.1, 0.15) is 17.0 Å². The largest absolute Gasteiger partial charge is 0.453 e. The number of halogens is 2. The molecule has 3 heterocycles. The molecule has 3 N–H and O–H groups in total. The van der Waals surface area contributed by atoms with E-state index in [1.54, 1.807) is 26.8 Å². The third-order valence-corrected chi connectivity index (χ3v) is 6.63. The topological polar surface area (TPSA) is 135 Å². The molecule has 5 aromatic rings. The molecule has 41 heavy (non-hydrogen) atoms. The second-order valence-electron chi connectivity index (χ2n) is 10.0. The third-order valence-electron chi connectivity index (χ3n) is 6.63. The lowest BCUT2D eigenvalue weighted by Gasteiger charge is -2.26. The van der Waals surface area contributed by atoms with Crippen LogP contribution in [0.25, 0.3) is 16.7 Å². The summed E-state index contributed by atoms with van der Waals surface area (Å²) < 4.78 is 35.3. The van der Waals surface area contributed by atoms with Crippen molar-refractivity contribution in [1.82, 2.24) is 25.0 Å². The van der Waals surface area contributed by atoms with E-state index in [9.17, 15) is 19.1 Å². The highest BCUT2D eigenvalue weighted by atomic mass is 19.1. The van der Waals surface area contributed by atoms with E-state index in [-0.39, 0.29) is 29.5 Å². The van der Waals surface area contributed by atoms with Gasteiger partial charge in [0.25, 0.3) is 5.56 Å². The van der Waals surface area contributed by atoms with Gasteiger partial charge in [-0.05, 0) is 68.8 Å². The molecule has 3 aromatic heterocycles. The minimum absolute atomic E-state index is 0.0982. The molecule has 10 nitrogen and oxygen atoms in total. The zero-order valence-corrected chi connectivity index (χ0v) is 22.4. The first-order chi connectivity index (χ1) is 19.5. The summed E-state index contributed by atoms with van der Waals surface area (Å²) >= 11 is 0. The summed E-state index contributed by atoms with van der Waals surface area (Å²) in [5, 5.41) is 24.9. The number of hydrogen-bond donors (Lipinski definition) is 3. The SMILES string of the molecule is CC(Nc1n[nH]c2nccc(Oc3ccc(CC(=O)c4ccnn(-c5ccc(F)cc5)c4=O)cc3F)c12)C(C)(C)O. The van der Waals surface area contributed by atoms with Crippen LogP contribution in [0.15, 0.2) is 71.8 Å². The molecule has 0 aliphatic heterocycles. The summed E-state index contributed by atoms with van der Waals surface area (Å²) in [6, 6.07) is 11.7. The Morgan fingerprint density at radius 3 is 2.56 bits per heavy atom. The molecule has 0 aliphatic rings. The highest BCUT2D eigenvalue weighted by molar-refractivity contribution is 5.97. The van der Waals surface area contributed by atoms with Crippen molar-refractivity contribution in [3.8, 4) is 17.2 Å². The van der Waals surface area contributed by atoms with Gasteiger partial charge in [-0.15, -0.1) is 0 Å². The average molecular weight is 561 g/mol. The maximum absolute atomic E-state index is 15.1. The first-order valence-corrected chi connectivity index (χ1v) is 12.7. The molecule has 12 heteroatoms. The van der Waals surface area contributed by atoms with E-state index in [0.29, 0.717) is 28.1 Å². The van der Waals surface area contributed by atoms with Crippen LogP contribution < -0.4 is 15.6 Å². The predicted octanol–water partition coefficient (Wildman–Crippen LogP) is 4.57. The number of nitrogens with zero attached hydrogens (tertiary/aromatic N) is 4. The maximum Gasteiger partial charge on any atom is 0.282 e. The van der Waals surface area contributed by atoms with Crippen molar-refractivity contribution < 1.29 is 23.4 Å². The number of ketones is 1. The summed E-state index contributed by atoms with van der Waals surface area (Å²) in [6.07, 6.45) is 2.54. The smallest absolute Gasteiger partial charge is 0.282 e. The molecule has 0 amide bonds. The minimum atomic E-state index is -1.04. The standard InChI is InChI=1S/C29H26F2N6O4/c1-16(29(2,3)40)34-27-25-24(11-12-32-26(25)35-36-27)41-23-9-4-17(14-21(23)31)15-22(38)20-10-13-33-37(28(20)39)19-7-5-18(30)6-8-19/h4-14,16,40H,15H2,1-3H3,(H2,32,34,35,36). The van der Waals surface area contributed by atoms with Crippen molar-refractivity contribution in [2.75, 3.05) is 5.32 Å². The second kappa shape index (κ2) is 10.9. The Hall–Kier alpha value is -4.97. The molecule has 210 valence electrons. The number of fused-ring (bicyclic) bond motifs is 1. The van der Waals surface area contributed by atoms with Crippen molar-refractivity contribution in [3.63, 3.8) is 0 Å². The van der Waals surface area contributed by atoms with Gasteiger partial charge >= 0.3 is 0 Å². The molecule has 1 unspecified atom stereocenters. The Bertz CT molecular complexity index is 1790. The number of ether oxygens (including phenoxy) is 1. The monoisotopic (exact) mass is 560 g/mol. The summed E-state index contributed by atoms with van der Waals surface area (Å²) in [4.78, 5) is 30.1. The number of hydrogen-bond acceptors (Lipinski definition) is 8. The minimum Gasteiger partial charge on any atom is -0.453 e. The number of nitrogens with one attached hydrogen (secondary N) is 2. The zero-order chi connectivity index (χ0) is 29.3. The maximum atomic E-state index is 15.1. The molecule has 0 saturated carbocycles. The van der Waals surface area contributed by atoms with Gasteiger partial charge in [0.15, 0.2) is 28.8 Å². The van der Waals surface area contributed by atoms with Crippen molar-refractivity contribution in [2.24, 2.45) is 0 Å². The number of benzene rings is 2. The lowest BCUT2D eigenvalue weighted by Crippen LogP contribution is -2.39. The number of aromatic amines is 1. The van der Waals surface area contributed by atoms with E-state index in [0.717, 1.165) is 10.7 Å². The number of carbonyl (C=O) groups excluding carboxylic acids is 1. The number of Topliss-reactive ketones (excluding diaryl/α,β-unsaturated/α-hetero) is 1. The number of carbonyl (C=O) groups is 1. The molecular formula is C29H26F2N6O4. The second-order valence-corrected chi connectivity index (χ2v) is 10.0. The fourth-order valence-corrected chi connectivity index (χ4v) is 4.02. The van der Waals surface area contributed by atoms with Crippen LogP contribution in [-0.2, 0) is 6.42 Å². The van der Waals surface area contributed by atoms with Crippen LogP contribution in [-0.4, -0.2) is 47.5 Å². The summed E-state index contributed by atoms with van der Waals surface area (Å²) in [5.41, 5.74) is -0.820. The van der Waals surface area contributed by atoms with Gasteiger partial charge in [0.05, 0.1) is 22.9 Å².